The van der Waals surface area contributed by atoms with Crippen molar-refractivity contribution in [3.05, 3.63) is 28.5 Å². The van der Waals surface area contributed by atoms with Crippen LogP contribution in [-0.4, -0.2) is 34.5 Å². The molecule has 0 spiro atoms. The van der Waals surface area contributed by atoms with E-state index in [-0.39, 0.29) is 5.91 Å². The van der Waals surface area contributed by atoms with Crippen LogP contribution in [0.4, 0.5) is 0 Å². The van der Waals surface area contributed by atoms with Crippen LogP contribution in [0, 0.1) is 0 Å². The van der Waals surface area contributed by atoms with Gasteiger partial charge in [-0.1, -0.05) is 0 Å². The van der Waals surface area contributed by atoms with Crippen LogP contribution < -0.4 is 0 Å². The van der Waals surface area contributed by atoms with E-state index < -0.39 is 12.0 Å². The minimum absolute atomic E-state index is 0.215. The third kappa shape index (κ3) is 2.98. The van der Waals surface area contributed by atoms with Gasteiger partial charge in [0.05, 0.1) is 0 Å². The molecule has 1 fully saturated rings. The molecule has 2 heterocycles. The minimum atomic E-state index is -0.910. The van der Waals surface area contributed by atoms with Gasteiger partial charge in [-0.15, -0.1) is 0 Å². The Balaban J connectivity index is 2.04. The van der Waals surface area contributed by atoms with Gasteiger partial charge in [0.1, 0.15) is 6.04 Å². The molecule has 1 atom stereocenters. The van der Waals surface area contributed by atoms with E-state index in [1.165, 1.54) is 11.0 Å². The zero-order valence-corrected chi connectivity index (χ0v) is 10.7. The number of nitrogens with zero attached hydrogens (tertiary/aromatic N) is 1. The lowest BCUT2D eigenvalue weighted by atomic mass is 10.0. The average Bonchev–Trinajstić information content (AvgIpc) is 2.89. The Morgan fingerprint density at radius 2 is 2.28 bits per heavy atom. The largest absolute Gasteiger partial charge is 0.480 e. The second-order valence-electron chi connectivity index (χ2n) is 4.27. The summed E-state index contributed by atoms with van der Waals surface area (Å²) in [6.07, 6.45) is 5.49. The lowest BCUT2D eigenvalue weighted by Crippen LogP contribution is -2.47. The summed E-state index contributed by atoms with van der Waals surface area (Å²) in [6, 6.07) is 1.25. The molecule has 1 N–H and O–H groups in total. The topological polar surface area (TPSA) is 57.6 Å². The fourth-order valence-electron chi connectivity index (χ4n) is 2.09. The van der Waals surface area contributed by atoms with Crippen molar-refractivity contribution in [3.8, 4) is 0 Å². The molecule has 0 radical (unpaired) electrons. The number of hydrogen-bond acceptors (Lipinski definition) is 3. The summed E-state index contributed by atoms with van der Waals surface area (Å²) in [4.78, 5) is 24.5. The van der Waals surface area contributed by atoms with E-state index in [2.05, 4.69) is 0 Å². The number of hydrogen-bond donors (Lipinski definition) is 1. The Labute approximate surface area is 110 Å². The molecule has 96 valence electrons. The summed E-state index contributed by atoms with van der Waals surface area (Å²) in [5.41, 5.74) is 0.970. The first-order valence-electron chi connectivity index (χ1n) is 5.92. The normalized spacial score (nSPS) is 20.2. The highest BCUT2D eigenvalue weighted by molar-refractivity contribution is 7.08. The van der Waals surface area contributed by atoms with Crippen LogP contribution in [0.5, 0.6) is 0 Å². The van der Waals surface area contributed by atoms with Crippen molar-refractivity contribution in [1.82, 2.24) is 4.90 Å². The number of thiophene rings is 1. The first-order valence-corrected chi connectivity index (χ1v) is 6.86. The SMILES string of the molecule is O=C(O)C1CCCCN1C(=O)/C=C/c1ccsc1. The van der Waals surface area contributed by atoms with Crippen LogP contribution in [-0.2, 0) is 9.59 Å². The zero-order chi connectivity index (χ0) is 13.0. The van der Waals surface area contributed by atoms with Gasteiger partial charge in [0.15, 0.2) is 0 Å². The van der Waals surface area contributed by atoms with Crippen LogP contribution in [0.25, 0.3) is 6.08 Å². The van der Waals surface area contributed by atoms with Crippen molar-refractivity contribution in [3.63, 3.8) is 0 Å². The number of carbonyl (C=O) groups excluding carboxylic acids is 1. The predicted molar refractivity (Wildman–Crippen MR) is 70.3 cm³/mol. The fraction of sp³-hybridized carbons (Fsp3) is 0.385. The predicted octanol–water partition coefficient (Wildman–Crippen LogP) is 2.23. The highest BCUT2D eigenvalue weighted by Gasteiger charge is 2.30. The van der Waals surface area contributed by atoms with Crippen molar-refractivity contribution in [2.75, 3.05) is 6.54 Å². The number of aliphatic carboxylic acids is 1. The molecule has 1 aromatic heterocycles. The quantitative estimate of drug-likeness (QED) is 0.853. The molecule has 1 amide bonds. The van der Waals surface area contributed by atoms with Gasteiger partial charge in [0.2, 0.25) is 5.91 Å². The molecule has 2 rings (SSSR count). The summed E-state index contributed by atoms with van der Waals surface area (Å²) in [7, 11) is 0. The van der Waals surface area contributed by atoms with E-state index in [0.717, 1.165) is 18.4 Å². The summed E-state index contributed by atoms with van der Waals surface area (Å²) < 4.78 is 0. The lowest BCUT2D eigenvalue weighted by molar-refractivity contribution is -0.150. The monoisotopic (exact) mass is 265 g/mol. The number of carboxylic acid groups (broad SMARTS) is 1. The van der Waals surface area contributed by atoms with E-state index in [0.29, 0.717) is 13.0 Å². The third-order valence-corrected chi connectivity index (χ3v) is 3.73. The van der Waals surface area contributed by atoms with Crippen molar-refractivity contribution < 1.29 is 14.7 Å². The van der Waals surface area contributed by atoms with Crippen LogP contribution >= 0.6 is 11.3 Å². The number of likely N-dealkylation sites (tertiary alicyclic amines) is 1. The molecule has 1 saturated heterocycles. The van der Waals surface area contributed by atoms with Gasteiger partial charge in [-0.05, 0) is 47.7 Å². The Kier molecular flexibility index (Phi) is 4.15. The van der Waals surface area contributed by atoms with Gasteiger partial charge in [0, 0.05) is 12.6 Å². The lowest BCUT2D eigenvalue weighted by Gasteiger charge is -2.32. The van der Waals surface area contributed by atoms with E-state index in [1.54, 1.807) is 17.4 Å². The summed E-state index contributed by atoms with van der Waals surface area (Å²) >= 11 is 1.56. The Morgan fingerprint density at radius 3 is 2.94 bits per heavy atom. The zero-order valence-electron chi connectivity index (χ0n) is 9.91. The van der Waals surface area contributed by atoms with Crippen LogP contribution in [0.2, 0.25) is 0 Å². The summed E-state index contributed by atoms with van der Waals surface area (Å²) in [6.45, 7) is 0.532. The van der Waals surface area contributed by atoms with Gasteiger partial charge in [-0.3, -0.25) is 4.79 Å². The van der Waals surface area contributed by atoms with E-state index in [4.69, 9.17) is 5.11 Å². The first kappa shape index (κ1) is 12.8. The van der Waals surface area contributed by atoms with Gasteiger partial charge in [-0.2, -0.15) is 11.3 Å². The van der Waals surface area contributed by atoms with E-state index in [1.807, 2.05) is 16.8 Å². The fourth-order valence-corrected chi connectivity index (χ4v) is 2.71. The molecule has 1 aliphatic heterocycles. The third-order valence-electron chi connectivity index (χ3n) is 3.03. The average molecular weight is 265 g/mol. The standard InChI is InChI=1S/C13H15NO3S/c15-12(5-4-10-6-8-18-9-10)14-7-2-1-3-11(14)13(16)17/h4-6,8-9,11H,1-3,7H2,(H,16,17)/b5-4+. The van der Waals surface area contributed by atoms with Crippen LogP contribution in [0.15, 0.2) is 22.9 Å². The molecule has 1 aromatic rings. The van der Waals surface area contributed by atoms with Crippen molar-refractivity contribution in [2.45, 2.75) is 25.3 Å². The summed E-state index contributed by atoms with van der Waals surface area (Å²) in [5.74, 6) is -1.12. The molecule has 0 saturated carbocycles. The molecule has 0 aromatic carbocycles. The second kappa shape index (κ2) is 5.82. The molecule has 5 heteroatoms. The maximum Gasteiger partial charge on any atom is 0.326 e. The number of piperidine rings is 1. The second-order valence-corrected chi connectivity index (χ2v) is 5.05. The highest BCUT2D eigenvalue weighted by Crippen LogP contribution is 2.18. The molecule has 4 nitrogen and oxygen atoms in total. The van der Waals surface area contributed by atoms with Gasteiger partial charge >= 0.3 is 5.97 Å². The van der Waals surface area contributed by atoms with Gasteiger partial charge < -0.3 is 10.0 Å². The van der Waals surface area contributed by atoms with Gasteiger partial charge in [-0.25, -0.2) is 4.79 Å². The number of amides is 1. The Bertz CT molecular complexity index is 453. The van der Waals surface area contributed by atoms with Crippen LogP contribution in [0.1, 0.15) is 24.8 Å². The van der Waals surface area contributed by atoms with Gasteiger partial charge in [0.25, 0.3) is 0 Å². The number of rotatable bonds is 3. The van der Waals surface area contributed by atoms with Crippen molar-refractivity contribution in [2.24, 2.45) is 0 Å². The molecule has 18 heavy (non-hydrogen) atoms. The smallest absolute Gasteiger partial charge is 0.326 e. The summed E-state index contributed by atoms with van der Waals surface area (Å²) in [5, 5.41) is 13.0. The van der Waals surface area contributed by atoms with Crippen molar-refractivity contribution in [1.29, 1.82) is 0 Å². The maximum atomic E-state index is 12.0. The van der Waals surface area contributed by atoms with Crippen molar-refractivity contribution >= 4 is 29.3 Å². The number of carboxylic acids is 1. The first-order chi connectivity index (χ1) is 8.68. The Morgan fingerprint density at radius 1 is 1.44 bits per heavy atom. The highest BCUT2D eigenvalue weighted by atomic mass is 32.1. The molecule has 1 unspecified atom stereocenters. The van der Waals surface area contributed by atoms with E-state index >= 15 is 0 Å². The Hall–Kier alpha value is -1.62. The van der Waals surface area contributed by atoms with E-state index in [9.17, 15) is 9.59 Å². The van der Waals surface area contributed by atoms with Crippen LogP contribution in [0.3, 0.4) is 0 Å². The molecule has 0 bridgehead atoms. The maximum absolute atomic E-state index is 12.0. The minimum Gasteiger partial charge on any atom is -0.480 e. The molecule has 1 aliphatic rings. The number of carbonyl (C=O) groups is 2. The molecular formula is C13H15NO3S. The molecule has 0 aliphatic carbocycles. The molecular weight excluding hydrogens is 250 g/mol.